The van der Waals surface area contributed by atoms with Crippen LogP contribution < -0.4 is 14.9 Å². The van der Waals surface area contributed by atoms with Gasteiger partial charge in [-0.3, -0.25) is 4.79 Å². The third kappa shape index (κ3) is 4.34. The number of carbonyl (C=O) groups is 1. The van der Waals surface area contributed by atoms with Gasteiger partial charge in [0.2, 0.25) is 0 Å². The Morgan fingerprint density at radius 2 is 2.00 bits per heavy atom. The number of hydrogen-bond acceptors (Lipinski definition) is 6. The molecular formula is C15H17N3O4. The molecule has 1 amide bonds. The number of ether oxygens (including phenoxy) is 2. The average molecular weight is 303 g/mol. The summed E-state index contributed by atoms with van der Waals surface area (Å²) in [5, 5.41) is 3.84. The molecule has 0 aliphatic carbocycles. The number of carbonyl (C=O) groups excluding carboxylic acids is 1. The summed E-state index contributed by atoms with van der Waals surface area (Å²) in [5.41, 5.74) is 3.16. The van der Waals surface area contributed by atoms with Crippen molar-refractivity contribution in [3.8, 4) is 11.7 Å². The van der Waals surface area contributed by atoms with Gasteiger partial charge in [0.1, 0.15) is 11.9 Å². The number of oxazole rings is 1. The van der Waals surface area contributed by atoms with E-state index in [1.165, 1.54) is 12.4 Å². The van der Waals surface area contributed by atoms with Crippen molar-refractivity contribution >= 4 is 12.1 Å². The van der Waals surface area contributed by atoms with E-state index in [9.17, 15) is 4.79 Å². The zero-order chi connectivity index (χ0) is 15.8. The van der Waals surface area contributed by atoms with Crippen LogP contribution in [0.4, 0.5) is 0 Å². The van der Waals surface area contributed by atoms with Crippen LogP contribution in [0.1, 0.15) is 30.1 Å². The van der Waals surface area contributed by atoms with E-state index < -0.39 is 5.91 Å². The molecule has 0 aliphatic heterocycles. The van der Waals surface area contributed by atoms with E-state index >= 15 is 0 Å². The molecular weight excluding hydrogens is 286 g/mol. The van der Waals surface area contributed by atoms with Crippen molar-refractivity contribution in [2.45, 2.75) is 13.8 Å². The van der Waals surface area contributed by atoms with Crippen molar-refractivity contribution in [3.63, 3.8) is 0 Å². The molecule has 2 aromatic rings. The number of nitrogens with zero attached hydrogens (tertiary/aromatic N) is 2. The summed E-state index contributed by atoms with van der Waals surface area (Å²) in [5.74, 6) is 0.329. The highest BCUT2D eigenvalue weighted by Gasteiger charge is 2.12. The lowest BCUT2D eigenvalue weighted by Crippen LogP contribution is -2.17. The van der Waals surface area contributed by atoms with Crippen LogP contribution in [0.5, 0.6) is 11.7 Å². The van der Waals surface area contributed by atoms with Gasteiger partial charge in [0.05, 0.1) is 19.4 Å². The molecule has 0 aliphatic rings. The number of rotatable bonds is 7. The Balaban J connectivity index is 1.89. The largest absolute Gasteiger partial charge is 0.494 e. The molecule has 22 heavy (non-hydrogen) atoms. The van der Waals surface area contributed by atoms with Crippen LogP contribution in [0.3, 0.4) is 0 Å². The molecule has 0 saturated heterocycles. The molecule has 0 spiro atoms. The molecule has 2 rings (SSSR count). The monoisotopic (exact) mass is 303 g/mol. The third-order valence-corrected chi connectivity index (χ3v) is 2.54. The smallest absolute Gasteiger partial charge is 0.327 e. The molecule has 116 valence electrons. The van der Waals surface area contributed by atoms with Crippen molar-refractivity contribution in [2.24, 2.45) is 5.10 Å². The van der Waals surface area contributed by atoms with Gasteiger partial charge in [-0.1, -0.05) is 0 Å². The molecule has 7 heteroatoms. The predicted octanol–water partition coefficient (Wildman–Crippen LogP) is 2.24. The summed E-state index contributed by atoms with van der Waals surface area (Å²) in [7, 11) is 0. The minimum absolute atomic E-state index is 0.104. The summed E-state index contributed by atoms with van der Waals surface area (Å²) in [6, 6.07) is 7.32. The van der Waals surface area contributed by atoms with E-state index in [0.29, 0.717) is 13.2 Å². The van der Waals surface area contributed by atoms with Crippen LogP contribution in [-0.4, -0.2) is 30.3 Å². The molecule has 1 aromatic heterocycles. The maximum Gasteiger partial charge on any atom is 0.327 e. The topological polar surface area (TPSA) is 86.0 Å². The minimum Gasteiger partial charge on any atom is -0.494 e. The Morgan fingerprint density at radius 3 is 2.68 bits per heavy atom. The minimum atomic E-state index is -0.548. The lowest BCUT2D eigenvalue weighted by molar-refractivity contribution is 0.0912. The summed E-state index contributed by atoms with van der Waals surface area (Å²) >= 11 is 0. The molecule has 7 nitrogen and oxygen atoms in total. The fourth-order valence-electron chi connectivity index (χ4n) is 1.60. The van der Waals surface area contributed by atoms with Crippen LogP contribution in [0.15, 0.2) is 40.0 Å². The Labute approximate surface area is 127 Å². The zero-order valence-electron chi connectivity index (χ0n) is 12.4. The van der Waals surface area contributed by atoms with Crippen molar-refractivity contribution < 1.29 is 18.7 Å². The molecule has 0 bridgehead atoms. The first-order valence-corrected chi connectivity index (χ1v) is 6.87. The normalized spacial score (nSPS) is 10.6. The number of hydrazone groups is 1. The van der Waals surface area contributed by atoms with E-state index in [-0.39, 0.29) is 11.8 Å². The molecule has 0 saturated carbocycles. The first-order chi connectivity index (χ1) is 10.7. The van der Waals surface area contributed by atoms with Crippen molar-refractivity contribution in [2.75, 3.05) is 13.2 Å². The second-order valence-corrected chi connectivity index (χ2v) is 4.12. The van der Waals surface area contributed by atoms with Gasteiger partial charge in [0.25, 0.3) is 5.89 Å². The zero-order valence-corrected chi connectivity index (χ0v) is 12.4. The lowest BCUT2D eigenvalue weighted by atomic mass is 10.2. The SMILES string of the molecule is CCOc1ccc(C=NNC(=O)c2ncc(OCC)o2)cc1. The maximum absolute atomic E-state index is 11.7. The summed E-state index contributed by atoms with van der Waals surface area (Å²) in [6.45, 7) is 4.78. The molecule has 0 fully saturated rings. The molecule has 0 radical (unpaired) electrons. The third-order valence-electron chi connectivity index (χ3n) is 2.54. The Hall–Kier alpha value is -2.83. The van der Waals surface area contributed by atoms with Crippen LogP contribution in [0.25, 0.3) is 0 Å². The quantitative estimate of drug-likeness (QED) is 0.626. The van der Waals surface area contributed by atoms with Gasteiger partial charge in [-0.15, -0.1) is 0 Å². The summed E-state index contributed by atoms with van der Waals surface area (Å²) in [6.07, 6.45) is 2.86. The molecule has 1 aromatic carbocycles. The Bertz CT molecular complexity index is 634. The average Bonchev–Trinajstić information content (AvgIpc) is 2.98. The second-order valence-electron chi connectivity index (χ2n) is 4.12. The molecule has 0 atom stereocenters. The molecule has 1 N–H and O–H groups in total. The highest BCUT2D eigenvalue weighted by Crippen LogP contribution is 2.12. The number of aromatic nitrogens is 1. The predicted molar refractivity (Wildman–Crippen MR) is 80.3 cm³/mol. The Kier molecular flexibility index (Phi) is 5.53. The number of benzene rings is 1. The second kappa shape index (κ2) is 7.82. The van der Waals surface area contributed by atoms with E-state index in [4.69, 9.17) is 13.9 Å². The fraction of sp³-hybridized carbons (Fsp3) is 0.267. The van der Waals surface area contributed by atoms with Gasteiger partial charge in [0.15, 0.2) is 0 Å². The maximum atomic E-state index is 11.7. The van der Waals surface area contributed by atoms with Crippen LogP contribution >= 0.6 is 0 Å². The number of amides is 1. The van der Waals surface area contributed by atoms with Crippen molar-refractivity contribution in [1.82, 2.24) is 10.4 Å². The first kappa shape index (κ1) is 15.6. The summed E-state index contributed by atoms with van der Waals surface area (Å²) in [4.78, 5) is 15.5. The van der Waals surface area contributed by atoms with Crippen molar-refractivity contribution in [3.05, 3.63) is 41.9 Å². The standard InChI is InChI=1S/C15H17N3O4/c1-3-20-12-7-5-11(6-8-12)9-17-18-14(19)15-16-10-13(22-15)21-4-2/h5-10H,3-4H2,1-2H3,(H,18,19). The van der Waals surface area contributed by atoms with Gasteiger partial charge in [-0.05, 0) is 43.7 Å². The highest BCUT2D eigenvalue weighted by molar-refractivity contribution is 5.90. The van der Waals surface area contributed by atoms with E-state index in [1.807, 2.05) is 38.1 Å². The highest BCUT2D eigenvalue weighted by atomic mass is 16.6. The van der Waals surface area contributed by atoms with Gasteiger partial charge in [-0.2, -0.15) is 5.10 Å². The van der Waals surface area contributed by atoms with E-state index in [1.54, 1.807) is 0 Å². The fourth-order valence-corrected chi connectivity index (χ4v) is 1.60. The lowest BCUT2D eigenvalue weighted by Gasteiger charge is -2.02. The van der Waals surface area contributed by atoms with Gasteiger partial charge in [0, 0.05) is 0 Å². The molecule has 1 heterocycles. The number of hydrogen-bond donors (Lipinski definition) is 1. The van der Waals surface area contributed by atoms with Gasteiger partial charge < -0.3 is 13.9 Å². The van der Waals surface area contributed by atoms with Gasteiger partial charge in [-0.25, -0.2) is 10.4 Å². The van der Waals surface area contributed by atoms with Crippen molar-refractivity contribution in [1.29, 1.82) is 0 Å². The van der Waals surface area contributed by atoms with E-state index in [0.717, 1.165) is 11.3 Å². The van der Waals surface area contributed by atoms with Gasteiger partial charge >= 0.3 is 11.9 Å². The van der Waals surface area contributed by atoms with Crippen LogP contribution in [0, 0.1) is 0 Å². The van der Waals surface area contributed by atoms with Crippen LogP contribution in [0.2, 0.25) is 0 Å². The van der Waals surface area contributed by atoms with E-state index in [2.05, 4.69) is 15.5 Å². The Morgan fingerprint density at radius 1 is 1.27 bits per heavy atom. The van der Waals surface area contributed by atoms with Crippen LogP contribution in [-0.2, 0) is 0 Å². The molecule has 0 unspecified atom stereocenters. The summed E-state index contributed by atoms with van der Waals surface area (Å²) < 4.78 is 15.5. The number of nitrogens with one attached hydrogen (secondary N) is 1. The first-order valence-electron chi connectivity index (χ1n) is 6.87.